The van der Waals surface area contributed by atoms with Crippen LogP contribution in [0.3, 0.4) is 0 Å². The van der Waals surface area contributed by atoms with Crippen LogP contribution in [0.15, 0.2) is 48.7 Å². The summed E-state index contributed by atoms with van der Waals surface area (Å²) in [6, 6.07) is 4.13. The van der Waals surface area contributed by atoms with Crippen LogP contribution in [0.1, 0.15) is 22.3 Å². The van der Waals surface area contributed by atoms with Crippen molar-refractivity contribution in [3.63, 3.8) is 0 Å². The Hall–Kier alpha value is -3.83. The van der Waals surface area contributed by atoms with E-state index in [1.807, 2.05) is 0 Å². The fourth-order valence-corrected chi connectivity index (χ4v) is 3.21. The fourth-order valence-electron chi connectivity index (χ4n) is 3.21. The van der Waals surface area contributed by atoms with Crippen LogP contribution in [0.25, 0.3) is 16.7 Å². The average molecular weight is 475 g/mol. The van der Waals surface area contributed by atoms with E-state index in [1.54, 1.807) is 0 Å². The van der Waals surface area contributed by atoms with E-state index in [-0.39, 0.29) is 22.5 Å². The van der Waals surface area contributed by atoms with Gasteiger partial charge in [-0.05, 0) is 35.9 Å². The molecule has 0 amide bonds. The third-order valence-electron chi connectivity index (χ3n) is 4.68. The first kappa shape index (κ1) is 23.8. The van der Waals surface area contributed by atoms with Gasteiger partial charge in [-0.15, -0.1) is 0 Å². The lowest BCUT2D eigenvalue weighted by molar-refractivity contribution is -0.146. The molecule has 2 N–H and O–H groups in total. The number of nitrogens with zero attached hydrogens (tertiary/aromatic N) is 1. The molecule has 12 heteroatoms. The minimum absolute atomic E-state index is 0.0233. The molecule has 0 aliphatic rings. The number of rotatable bonds is 5. The Morgan fingerprint density at radius 3 is 2.18 bits per heavy atom. The standard InChI is InChI=1S/C21H12F7NO4/c22-12-3-4-16-13(6-12)14(17(30)7-18(31)19(32)33)9-29(16)8-10-1-2-11(20(23,24)25)5-15(10)21(26,27)28/h1-7,9,30H,8H2,(H,32,33). The summed E-state index contributed by atoms with van der Waals surface area (Å²) in [7, 11) is 0. The SMILES string of the molecule is O=C(O)C(=O)C=C(O)c1cn(Cc2ccc(C(F)(F)F)cc2C(F)(F)F)c2ccc(F)cc12. The van der Waals surface area contributed by atoms with Crippen molar-refractivity contribution in [2.75, 3.05) is 0 Å². The Morgan fingerprint density at radius 2 is 1.61 bits per heavy atom. The number of carboxylic acid groups (broad SMARTS) is 1. The van der Waals surface area contributed by atoms with Gasteiger partial charge in [-0.2, -0.15) is 26.3 Å². The number of hydrogen-bond acceptors (Lipinski definition) is 3. The van der Waals surface area contributed by atoms with Crippen molar-refractivity contribution >= 4 is 28.4 Å². The molecular formula is C21H12F7NO4. The number of carbonyl (C=O) groups is 2. The average Bonchev–Trinajstić information content (AvgIpc) is 3.04. The van der Waals surface area contributed by atoms with Crippen LogP contribution in [0.4, 0.5) is 30.7 Å². The number of carbonyl (C=O) groups excluding carboxylic acids is 1. The quantitative estimate of drug-likeness (QED) is 0.224. The zero-order chi connectivity index (χ0) is 24.7. The highest BCUT2D eigenvalue weighted by Gasteiger charge is 2.38. The molecule has 0 atom stereocenters. The van der Waals surface area contributed by atoms with Gasteiger partial charge in [-0.1, -0.05) is 6.07 Å². The molecule has 0 aliphatic heterocycles. The van der Waals surface area contributed by atoms with Crippen LogP contribution in [0.5, 0.6) is 0 Å². The molecular weight excluding hydrogens is 463 g/mol. The first-order valence-electron chi connectivity index (χ1n) is 8.92. The molecule has 0 bridgehead atoms. The zero-order valence-electron chi connectivity index (χ0n) is 16.1. The maximum atomic E-state index is 13.8. The van der Waals surface area contributed by atoms with Crippen molar-refractivity contribution < 1.29 is 50.5 Å². The maximum absolute atomic E-state index is 13.8. The van der Waals surface area contributed by atoms with Gasteiger partial charge >= 0.3 is 18.3 Å². The molecule has 5 nitrogen and oxygen atoms in total. The molecule has 0 aliphatic carbocycles. The van der Waals surface area contributed by atoms with Crippen LogP contribution in [0, 0.1) is 5.82 Å². The summed E-state index contributed by atoms with van der Waals surface area (Å²) < 4.78 is 94.0. The summed E-state index contributed by atoms with van der Waals surface area (Å²) in [5.41, 5.74) is -3.77. The van der Waals surface area contributed by atoms with Crippen molar-refractivity contribution in [2.45, 2.75) is 18.9 Å². The largest absolute Gasteiger partial charge is 0.507 e. The summed E-state index contributed by atoms with van der Waals surface area (Å²) in [5, 5.41) is 18.8. The van der Waals surface area contributed by atoms with Gasteiger partial charge in [0.2, 0.25) is 0 Å². The molecule has 174 valence electrons. The van der Waals surface area contributed by atoms with Crippen LogP contribution < -0.4 is 0 Å². The van der Waals surface area contributed by atoms with Gasteiger partial charge in [0, 0.05) is 35.3 Å². The van der Waals surface area contributed by atoms with E-state index >= 15 is 0 Å². The number of alkyl halides is 6. The highest BCUT2D eigenvalue weighted by Crippen LogP contribution is 2.38. The molecule has 3 rings (SSSR count). The summed E-state index contributed by atoms with van der Waals surface area (Å²) in [5.74, 6) is -5.09. The van der Waals surface area contributed by atoms with Crippen LogP contribution >= 0.6 is 0 Å². The van der Waals surface area contributed by atoms with Crippen molar-refractivity contribution in [3.05, 3.63) is 76.7 Å². The zero-order valence-corrected chi connectivity index (χ0v) is 16.1. The van der Waals surface area contributed by atoms with E-state index in [1.165, 1.54) is 0 Å². The van der Waals surface area contributed by atoms with Gasteiger partial charge in [0.15, 0.2) is 0 Å². The Labute approximate surface area is 180 Å². The van der Waals surface area contributed by atoms with Gasteiger partial charge in [-0.25, -0.2) is 9.18 Å². The molecule has 0 spiro atoms. The second kappa shape index (κ2) is 8.26. The summed E-state index contributed by atoms with van der Waals surface area (Å²) in [6.07, 6.45) is -8.75. The monoisotopic (exact) mass is 475 g/mol. The Balaban J connectivity index is 2.17. The Bertz CT molecular complexity index is 1290. The molecule has 0 saturated heterocycles. The normalized spacial score (nSPS) is 12.9. The second-order valence-corrected chi connectivity index (χ2v) is 6.90. The molecule has 0 radical (unpaired) electrons. The second-order valence-electron chi connectivity index (χ2n) is 6.90. The smallest absolute Gasteiger partial charge is 0.416 e. The van der Waals surface area contributed by atoms with E-state index < -0.39 is 58.9 Å². The molecule has 0 saturated carbocycles. The highest BCUT2D eigenvalue weighted by atomic mass is 19.4. The molecule has 33 heavy (non-hydrogen) atoms. The lowest BCUT2D eigenvalue weighted by Gasteiger charge is -2.17. The Morgan fingerprint density at radius 1 is 0.939 bits per heavy atom. The van der Waals surface area contributed by atoms with Crippen molar-refractivity contribution in [3.8, 4) is 0 Å². The predicted molar refractivity (Wildman–Crippen MR) is 101 cm³/mol. The number of aliphatic carboxylic acids is 1. The van der Waals surface area contributed by atoms with Gasteiger partial charge in [0.25, 0.3) is 5.78 Å². The van der Waals surface area contributed by atoms with Crippen molar-refractivity contribution in [1.82, 2.24) is 4.57 Å². The molecule has 1 heterocycles. The maximum Gasteiger partial charge on any atom is 0.416 e. The first-order valence-corrected chi connectivity index (χ1v) is 8.92. The highest BCUT2D eigenvalue weighted by molar-refractivity contribution is 6.38. The number of carboxylic acids is 1. The first-order chi connectivity index (χ1) is 15.2. The summed E-state index contributed by atoms with van der Waals surface area (Å²) >= 11 is 0. The number of halogens is 7. The number of fused-ring (bicyclic) bond motifs is 1. The van der Waals surface area contributed by atoms with Crippen molar-refractivity contribution in [2.24, 2.45) is 0 Å². The van der Waals surface area contributed by atoms with Gasteiger partial charge in [-0.3, -0.25) is 4.79 Å². The third-order valence-corrected chi connectivity index (χ3v) is 4.68. The van der Waals surface area contributed by atoms with E-state index in [2.05, 4.69) is 0 Å². The van der Waals surface area contributed by atoms with E-state index in [4.69, 9.17) is 5.11 Å². The van der Waals surface area contributed by atoms with Gasteiger partial charge in [0.05, 0.1) is 11.1 Å². The van der Waals surface area contributed by atoms with Crippen LogP contribution in [0.2, 0.25) is 0 Å². The van der Waals surface area contributed by atoms with E-state index in [0.717, 1.165) is 29.0 Å². The summed E-state index contributed by atoms with van der Waals surface area (Å²) in [6.45, 7) is -0.630. The number of hydrogen-bond donors (Lipinski definition) is 2. The number of aromatic nitrogens is 1. The van der Waals surface area contributed by atoms with Crippen LogP contribution in [-0.4, -0.2) is 26.5 Å². The van der Waals surface area contributed by atoms with Gasteiger partial charge in [0.1, 0.15) is 11.6 Å². The molecule has 3 aromatic rings. The fraction of sp³-hybridized carbons (Fsp3) is 0.143. The lowest BCUT2D eigenvalue weighted by atomic mass is 10.0. The topological polar surface area (TPSA) is 79.5 Å². The number of aliphatic hydroxyl groups is 1. The Kier molecular flexibility index (Phi) is 5.96. The van der Waals surface area contributed by atoms with E-state index in [0.29, 0.717) is 18.2 Å². The summed E-state index contributed by atoms with van der Waals surface area (Å²) in [4.78, 5) is 22.1. The number of aliphatic hydroxyl groups excluding tert-OH is 1. The number of benzene rings is 2. The molecule has 1 aromatic heterocycles. The third kappa shape index (κ3) is 4.99. The predicted octanol–water partition coefficient (Wildman–Crippen LogP) is 5.42. The number of ketones is 1. The van der Waals surface area contributed by atoms with Gasteiger partial charge < -0.3 is 14.8 Å². The molecule has 2 aromatic carbocycles. The van der Waals surface area contributed by atoms with Crippen molar-refractivity contribution in [1.29, 1.82) is 0 Å². The van der Waals surface area contributed by atoms with E-state index in [9.17, 15) is 45.4 Å². The minimum atomic E-state index is -5.12. The molecule has 0 unspecified atom stereocenters. The van der Waals surface area contributed by atoms with Crippen LogP contribution in [-0.2, 0) is 28.5 Å². The molecule has 0 fully saturated rings. The minimum Gasteiger partial charge on any atom is -0.507 e. The lowest BCUT2D eigenvalue weighted by Crippen LogP contribution is -2.15.